The van der Waals surface area contributed by atoms with Crippen LogP contribution in [0, 0.1) is 5.82 Å². The zero-order valence-corrected chi connectivity index (χ0v) is 25.1. The summed E-state index contributed by atoms with van der Waals surface area (Å²) in [7, 11) is 3.24. The normalized spacial score (nSPS) is 16.0. The molecule has 1 aliphatic rings. The van der Waals surface area contributed by atoms with Gasteiger partial charge in [0.15, 0.2) is 11.4 Å². The number of aryl methyl sites for hydroxylation is 1. The van der Waals surface area contributed by atoms with Crippen molar-refractivity contribution in [1.29, 1.82) is 0 Å². The summed E-state index contributed by atoms with van der Waals surface area (Å²) < 4.78 is 38.6. The smallest absolute Gasteiger partial charge is 0.410 e. The molecule has 0 aliphatic carbocycles. The average molecular weight is 564 g/mol. The van der Waals surface area contributed by atoms with E-state index in [2.05, 4.69) is 0 Å². The Kier molecular flexibility index (Phi) is 11.2. The van der Waals surface area contributed by atoms with Gasteiger partial charge in [-0.3, -0.25) is 4.79 Å². The van der Waals surface area contributed by atoms with Crippen molar-refractivity contribution in [2.45, 2.75) is 84.5 Å². The fourth-order valence-electron chi connectivity index (χ4n) is 5.25. The van der Waals surface area contributed by atoms with E-state index in [1.165, 1.54) is 12.1 Å². The van der Waals surface area contributed by atoms with Crippen LogP contribution in [0.25, 0.3) is 10.9 Å². The lowest BCUT2D eigenvalue weighted by atomic mass is 10.0. The highest BCUT2D eigenvalue weighted by molar-refractivity contribution is 6.04. The maximum atomic E-state index is 14.5. The van der Waals surface area contributed by atoms with Gasteiger partial charge in [-0.25, -0.2) is 9.18 Å². The van der Waals surface area contributed by atoms with E-state index >= 15 is 0 Å². The lowest BCUT2D eigenvalue weighted by molar-refractivity contribution is 0.00724. The quantitative estimate of drug-likeness (QED) is 0.318. The van der Waals surface area contributed by atoms with Crippen LogP contribution in [0.2, 0.25) is 0 Å². The van der Waals surface area contributed by atoms with E-state index in [-0.39, 0.29) is 30.7 Å². The highest BCUT2D eigenvalue weighted by Crippen LogP contribution is 2.36. The average Bonchev–Trinajstić information content (AvgIpc) is 3.18. The van der Waals surface area contributed by atoms with Crippen LogP contribution < -0.4 is 4.74 Å². The van der Waals surface area contributed by atoms with Gasteiger partial charge >= 0.3 is 6.09 Å². The predicted molar refractivity (Wildman–Crippen MR) is 153 cm³/mol. The fraction of sp³-hybridized carbons (Fsp3) is 0.667. The van der Waals surface area contributed by atoms with E-state index in [4.69, 9.17) is 18.9 Å². The summed E-state index contributed by atoms with van der Waals surface area (Å²) in [5, 5.41) is 0.550. The predicted octanol–water partition coefficient (Wildman–Crippen LogP) is 5.48. The van der Waals surface area contributed by atoms with Crippen molar-refractivity contribution >= 4 is 22.9 Å². The van der Waals surface area contributed by atoms with Crippen LogP contribution in [0.4, 0.5) is 9.18 Å². The number of unbranched alkanes of at least 4 members (excludes halogenated alkanes) is 1. The van der Waals surface area contributed by atoms with Gasteiger partial charge in [-0.1, -0.05) is 0 Å². The molecule has 1 saturated heterocycles. The molecule has 0 saturated carbocycles. The third kappa shape index (κ3) is 7.87. The van der Waals surface area contributed by atoms with Crippen LogP contribution in [0.3, 0.4) is 0 Å². The van der Waals surface area contributed by atoms with Crippen LogP contribution in [0.5, 0.6) is 5.75 Å². The largest absolute Gasteiger partial charge is 0.488 e. The van der Waals surface area contributed by atoms with Crippen molar-refractivity contribution in [3.63, 3.8) is 0 Å². The van der Waals surface area contributed by atoms with Gasteiger partial charge in [0.25, 0.3) is 5.91 Å². The number of aromatic nitrogens is 1. The third-order valence-corrected chi connectivity index (χ3v) is 6.93. The van der Waals surface area contributed by atoms with E-state index in [1.807, 2.05) is 44.1 Å². The molecule has 2 amide bonds. The van der Waals surface area contributed by atoms with Crippen LogP contribution in [0.15, 0.2) is 18.2 Å². The second-order valence-electron chi connectivity index (χ2n) is 11.6. The lowest BCUT2D eigenvalue weighted by Gasteiger charge is -2.41. The zero-order valence-electron chi connectivity index (χ0n) is 25.1. The highest BCUT2D eigenvalue weighted by Gasteiger charge is 2.37. The van der Waals surface area contributed by atoms with Crippen LogP contribution >= 0.6 is 0 Å². The van der Waals surface area contributed by atoms with Gasteiger partial charge in [-0.15, -0.1) is 0 Å². The number of benzene rings is 1. The summed E-state index contributed by atoms with van der Waals surface area (Å²) in [5.74, 6) is -0.254. The van der Waals surface area contributed by atoms with Gasteiger partial charge in [-0.05, 0) is 78.5 Å². The number of likely N-dealkylation sites (tertiary alicyclic amines) is 1. The highest BCUT2D eigenvalue weighted by atomic mass is 19.1. The van der Waals surface area contributed by atoms with Crippen molar-refractivity contribution in [2.24, 2.45) is 0 Å². The summed E-state index contributed by atoms with van der Waals surface area (Å²) in [6.07, 6.45) is 2.71. The van der Waals surface area contributed by atoms with Crippen molar-refractivity contribution in [2.75, 3.05) is 47.1 Å². The Morgan fingerprint density at radius 2 is 1.82 bits per heavy atom. The number of methoxy groups -OCH3 is 2. The third-order valence-electron chi connectivity index (χ3n) is 6.93. The molecule has 0 unspecified atom stereocenters. The van der Waals surface area contributed by atoms with E-state index in [0.29, 0.717) is 49.7 Å². The molecule has 1 fully saturated rings. The molecule has 9 nitrogen and oxygen atoms in total. The van der Waals surface area contributed by atoms with Crippen molar-refractivity contribution in [3.05, 3.63) is 29.7 Å². The Balaban J connectivity index is 2.04. The lowest BCUT2D eigenvalue weighted by Crippen LogP contribution is -2.54. The number of halogens is 1. The van der Waals surface area contributed by atoms with Gasteiger partial charge in [0.1, 0.15) is 18.0 Å². The second kappa shape index (κ2) is 14.2. The first-order chi connectivity index (χ1) is 19.0. The minimum Gasteiger partial charge on any atom is -0.488 e. The monoisotopic (exact) mass is 563 g/mol. The molecule has 3 rings (SSSR count). The first-order valence-corrected chi connectivity index (χ1v) is 14.2. The Labute approximate surface area is 237 Å². The van der Waals surface area contributed by atoms with E-state index < -0.39 is 11.4 Å². The Hall–Kier alpha value is -2.85. The minimum atomic E-state index is -0.606. The van der Waals surface area contributed by atoms with E-state index in [0.717, 1.165) is 31.2 Å². The van der Waals surface area contributed by atoms with E-state index in [9.17, 15) is 14.0 Å². The molecule has 0 radical (unpaired) electrons. The van der Waals surface area contributed by atoms with Gasteiger partial charge in [-0.2, -0.15) is 0 Å². The number of hydrogen-bond donors (Lipinski definition) is 0. The number of piperidine rings is 1. The Bertz CT molecular complexity index is 1140. The zero-order chi connectivity index (χ0) is 29.4. The SMILES string of the molecule is COCCCCn1c(C(=O)N(C(C)C)[C@@H]2CCCN(C(=O)OC(C)(C)C)C2)c(OCCOC)c2cc(F)ccc21. The van der Waals surface area contributed by atoms with Crippen LogP contribution in [-0.2, 0) is 20.8 Å². The molecule has 40 heavy (non-hydrogen) atoms. The molecule has 1 aliphatic heterocycles. The van der Waals surface area contributed by atoms with E-state index in [1.54, 1.807) is 25.2 Å². The molecule has 1 atom stereocenters. The summed E-state index contributed by atoms with van der Waals surface area (Å²) in [6, 6.07) is 4.16. The van der Waals surface area contributed by atoms with Crippen LogP contribution in [-0.4, -0.2) is 91.2 Å². The number of nitrogens with zero attached hydrogens (tertiary/aromatic N) is 3. The summed E-state index contributed by atoms with van der Waals surface area (Å²) in [4.78, 5) is 31.0. The number of fused-ring (bicyclic) bond motifs is 1. The first-order valence-electron chi connectivity index (χ1n) is 14.2. The van der Waals surface area contributed by atoms with Crippen molar-refractivity contribution in [1.82, 2.24) is 14.4 Å². The topological polar surface area (TPSA) is 82.5 Å². The molecule has 0 bridgehead atoms. The number of rotatable bonds is 12. The van der Waals surface area contributed by atoms with Gasteiger partial charge < -0.3 is 33.3 Å². The Morgan fingerprint density at radius 3 is 2.48 bits per heavy atom. The molecule has 0 N–H and O–H groups in total. The number of hydrogen-bond acceptors (Lipinski definition) is 6. The molecular formula is C30H46FN3O6. The Morgan fingerprint density at radius 1 is 1.10 bits per heavy atom. The van der Waals surface area contributed by atoms with Gasteiger partial charge in [0.05, 0.1) is 18.2 Å². The fourth-order valence-corrected chi connectivity index (χ4v) is 5.25. The molecule has 1 aromatic heterocycles. The number of carbonyl (C=O) groups is 2. The molecular weight excluding hydrogens is 517 g/mol. The van der Waals surface area contributed by atoms with Crippen molar-refractivity contribution < 1.29 is 32.9 Å². The van der Waals surface area contributed by atoms with Gasteiger partial charge in [0.2, 0.25) is 0 Å². The van der Waals surface area contributed by atoms with Crippen molar-refractivity contribution in [3.8, 4) is 5.75 Å². The second-order valence-corrected chi connectivity index (χ2v) is 11.6. The van der Waals surface area contributed by atoms with Gasteiger partial charge in [0, 0.05) is 51.9 Å². The summed E-state index contributed by atoms with van der Waals surface area (Å²) in [5.41, 5.74) is 0.514. The molecule has 0 spiro atoms. The maximum Gasteiger partial charge on any atom is 0.410 e. The summed E-state index contributed by atoms with van der Waals surface area (Å²) in [6.45, 7) is 12.1. The number of carbonyl (C=O) groups excluding carboxylic acids is 2. The maximum absolute atomic E-state index is 14.5. The molecule has 2 aromatic rings. The standard InChI is InChI=1S/C30H46FN3O6/c1-21(2)34(23-11-10-14-32(20-23)29(36)40-30(3,4)5)28(35)26-27(39-18-17-38-7)24-19-22(31)12-13-25(24)33(26)15-8-9-16-37-6/h12-13,19,21,23H,8-11,14-18,20H2,1-7H3/t23-/m1/s1. The number of ether oxygens (including phenoxy) is 4. The molecule has 10 heteroatoms. The molecule has 2 heterocycles. The molecule has 224 valence electrons. The number of amides is 2. The minimum absolute atomic E-state index is 0.153. The summed E-state index contributed by atoms with van der Waals surface area (Å²) >= 11 is 0. The first kappa shape index (κ1) is 31.7. The molecule has 1 aromatic carbocycles. The van der Waals surface area contributed by atoms with Crippen LogP contribution in [0.1, 0.15) is 70.8 Å².